The summed E-state index contributed by atoms with van der Waals surface area (Å²) >= 11 is 1.84. The first-order valence-electron chi connectivity index (χ1n) is 5.93. The summed E-state index contributed by atoms with van der Waals surface area (Å²) in [5, 5.41) is 3.47. The highest BCUT2D eigenvalue weighted by Crippen LogP contribution is 2.28. The van der Waals surface area contributed by atoms with Gasteiger partial charge in [-0.3, -0.25) is 0 Å². The molecule has 0 radical (unpaired) electrons. The van der Waals surface area contributed by atoms with Gasteiger partial charge in [-0.05, 0) is 38.5 Å². The monoisotopic (exact) mass is 262 g/mol. The highest BCUT2D eigenvalue weighted by Gasteiger charge is 2.11. The number of thiophene rings is 1. The quantitative estimate of drug-likeness (QED) is 0.906. The predicted molar refractivity (Wildman–Crippen MR) is 76.6 cm³/mol. The first-order valence-corrected chi connectivity index (χ1v) is 6.75. The summed E-state index contributed by atoms with van der Waals surface area (Å²) in [4.78, 5) is 6.82. The van der Waals surface area contributed by atoms with Crippen LogP contribution in [-0.2, 0) is 0 Å². The molecule has 2 aromatic rings. The van der Waals surface area contributed by atoms with Crippen LogP contribution in [0.2, 0.25) is 0 Å². The molecule has 0 aliphatic heterocycles. The van der Waals surface area contributed by atoms with E-state index >= 15 is 0 Å². The first kappa shape index (κ1) is 12.9. The second-order valence-electron chi connectivity index (χ2n) is 4.32. The van der Waals surface area contributed by atoms with Crippen LogP contribution in [0.1, 0.15) is 28.3 Å². The predicted octanol–water partition coefficient (Wildman–Crippen LogP) is 3.94. The first-order chi connectivity index (χ1) is 8.60. The largest absolute Gasteiger partial charge is 0.481 e. The molecule has 2 heterocycles. The summed E-state index contributed by atoms with van der Waals surface area (Å²) < 4.78 is 5.12. The molecular weight excluding hydrogens is 244 g/mol. The molecule has 0 aromatic carbocycles. The van der Waals surface area contributed by atoms with Gasteiger partial charge in [-0.25, -0.2) is 4.98 Å². The van der Waals surface area contributed by atoms with Crippen molar-refractivity contribution in [3.63, 3.8) is 0 Å². The van der Waals surface area contributed by atoms with Crippen molar-refractivity contribution in [3.05, 3.63) is 39.7 Å². The van der Waals surface area contributed by atoms with Crippen LogP contribution in [0.15, 0.2) is 24.4 Å². The number of methoxy groups -OCH3 is 1. The Morgan fingerprint density at radius 1 is 1.33 bits per heavy atom. The number of nitrogens with one attached hydrogen (secondary N) is 1. The van der Waals surface area contributed by atoms with E-state index in [4.69, 9.17) is 4.74 Å². The molecule has 0 aliphatic rings. The van der Waals surface area contributed by atoms with E-state index in [1.54, 1.807) is 13.3 Å². The molecule has 0 aliphatic carbocycles. The zero-order valence-electron chi connectivity index (χ0n) is 11.2. The van der Waals surface area contributed by atoms with E-state index in [-0.39, 0.29) is 6.04 Å². The van der Waals surface area contributed by atoms with Gasteiger partial charge in [0.2, 0.25) is 5.88 Å². The second-order valence-corrected chi connectivity index (χ2v) is 5.78. The van der Waals surface area contributed by atoms with Crippen molar-refractivity contribution in [2.75, 3.05) is 12.4 Å². The summed E-state index contributed by atoms with van der Waals surface area (Å²) in [6, 6.07) is 6.39. The van der Waals surface area contributed by atoms with Crippen LogP contribution in [0.25, 0.3) is 0 Å². The van der Waals surface area contributed by atoms with Crippen LogP contribution < -0.4 is 10.1 Å². The van der Waals surface area contributed by atoms with Crippen LogP contribution in [0.5, 0.6) is 5.88 Å². The molecule has 0 spiro atoms. The Morgan fingerprint density at radius 3 is 2.72 bits per heavy atom. The molecule has 0 saturated heterocycles. The van der Waals surface area contributed by atoms with Crippen molar-refractivity contribution in [2.24, 2.45) is 0 Å². The molecule has 0 amide bonds. The number of hydrogen-bond donors (Lipinski definition) is 1. The smallest absolute Gasteiger partial charge is 0.214 e. The van der Waals surface area contributed by atoms with Gasteiger partial charge in [0.15, 0.2) is 0 Å². The number of nitrogens with zero attached hydrogens (tertiary/aromatic N) is 1. The van der Waals surface area contributed by atoms with E-state index in [9.17, 15) is 0 Å². The highest BCUT2D eigenvalue weighted by molar-refractivity contribution is 7.12. The zero-order valence-corrected chi connectivity index (χ0v) is 12.0. The van der Waals surface area contributed by atoms with Gasteiger partial charge in [0.1, 0.15) is 0 Å². The highest BCUT2D eigenvalue weighted by atomic mass is 32.1. The Bertz CT molecular complexity index is 536. The number of pyridine rings is 1. The third kappa shape index (κ3) is 2.82. The molecule has 1 unspecified atom stereocenters. The van der Waals surface area contributed by atoms with Gasteiger partial charge in [0.25, 0.3) is 0 Å². The Hall–Kier alpha value is -1.55. The molecule has 2 aromatic heterocycles. The van der Waals surface area contributed by atoms with Gasteiger partial charge in [-0.2, -0.15) is 0 Å². The van der Waals surface area contributed by atoms with Gasteiger partial charge in [-0.1, -0.05) is 0 Å². The number of ether oxygens (including phenoxy) is 1. The van der Waals surface area contributed by atoms with Crippen LogP contribution in [0.3, 0.4) is 0 Å². The van der Waals surface area contributed by atoms with E-state index in [0.717, 1.165) is 5.69 Å². The van der Waals surface area contributed by atoms with Crippen molar-refractivity contribution in [1.29, 1.82) is 0 Å². The van der Waals surface area contributed by atoms with Gasteiger partial charge in [-0.15, -0.1) is 11.3 Å². The van der Waals surface area contributed by atoms with Crippen LogP contribution in [0.4, 0.5) is 5.69 Å². The molecule has 3 nitrogen and oxygen atoms in total. The number of aromatic nitrogens is 1. The maximum atomic E-state index is 5.12. The van der Waals surface area contributed by atoms with Crippen LogP contribution in [-0.4, -0.2) is 12.1 Å². The molecule has 0 bridgehead atoms. The van der Waals surface area contributed by atoms with Gasteiger partial charge < -0.3 is 10.1 Å². The van der Waals surface area contributed by atoms with E-state index in [0.29, 0.717) is 5.88 Å². The fourth-order valence-electron chi connectivity index (χ4n) is 2.02. The normalized spacial score (nSPS) is 12.2. The van der Waals surface area contributed by atoms with Gasteiger partial charge in [0.05, 0.1) is 7.11 Å². The molecule has 18 heavy (non-hydrogen) atoms. The third-order valence-electron chi connectivity index (χ3n) is 2.87. The van der Waals surface area contributed by atoms with E-state index < -0.39 is 0 Å². The average molecular weight is 262 g/mol. The number of hydrogen-bond acceptors (Lipinski definition) is 4. The minimum absolute atomic E-state index is 0.280. The number of anilines is 1. The summed E-state index contributed by atoms with van der Waals surface area (Å²) in [6.45, 7) is 6.48. The molecule has 1 atom stereocenters. The summed E-state index contributed by atoms with van der Waals surface area (Å²) in [7, 11) is 1.63. The minimum Gasteiger partial charge on any atom is -0.481 e. The summed E-state index contributed by atoms with van der Waals surface area (Å²) in [5.41, 5.74) is 2.38. The fraction of sp³-hybridized carbons (Fsp3) is 0.357. The van der Waals surface area contributed by atoms with Crippen molar-refractivity contribution < 1.29 is 4.74 Å². The topological polar surface area (TPSA) is 34.1 Å². The molecule has 96 valence electrons. The molecule has 0 fully saturated rings. The maximum absolute atomic E-state index is 5.12. The second kappa shape index (κ2) is 5.40. The lowest BCUT2D eigenvalue weighted by Crippen LogP contribution is -2.07. The average Bonchev–Trinajstić information content (AvgIpc) is 2.69. The fourth-order valence-corrected chi connectivity index (χ4v) is 3.04. The van der Waals surface area contributed by atoms with Crippen molar-refractivity contribution in [1.82, 2.24) is 4.98 Å². The minimum atomic E-state index is 0.280. The SMILES string of the molecule is COc1cc(NC(C)c2cc(C)sc2C)ccn1. The van der Waals surface area contributed by atoms with Gasteiger partial charge >= 0.3 is 0 Å². The molecule has 1 N–H and O–H groups in total. The number of aryl methyl sites for hydroxylation is 2. The van der Waals surface area contributed by atoms with Crippen molar-refractivity contribution in [2.45, 2.75) is 26.8 Å². The lowest BCUT2D eigenvalue weighted by molar-refractivity contribution is 0.398. The third-order valence-corrected chi connectivity index (χ3v) is 3.85. The van der Waals surface area contributed by atoms with E-state index in [1.165, 1.54) is 15.3 Å². The summed E-state index contributed by atoms with van der Waals surface area (Å²) in [5.74, 6) is 0.630. The van der Waals surface area contributed by atoms with Crippen molar-refractivity contribution in [3.8, 4) is 5.88 Å². The zero-order chi connectivity index (χ0) is 13.1. The van der Waals surface area contributed by atoms with Crippen LogP contribution in [0, 0.1) is 13.8 Å². The molecular formula is C14H18N2OS. The van der Waals surface area contributed by atoms with Crippen molar-refractivity contribution >= 4 is 17.0 Å². The Balaban J connectivity index is 2.15. The molecule has 4 heteroatoms. The number of rotatable bonds is 4. The Morgan fingerprint density at radius 2 is 2.11 bits per heavy atom. The van der Waals surface area contributed by atoms with E-state index in [2.05, 4.69) is 37.1 Å². The molecule has 2 rings (SSSR count). The Kier molecular flexibility index (Phi) is 3.87. The standard InChI is InChI=1S/C14H18N2OS/c1-9-7-13(11(3)18-9)10(2)16-12-5-6-15-14(8-12)17-4/h5-8,10H,1-4H3,(H,15,16). The lowest BCUT2D eigenvalue weighted by Gasteiger charge is -2.15. The van der Waals surface area contributed by atoms with E-state index in [1.807, 2.05) is 23.5 Å². The summed E-state index contributed by atoms with van der Waals surface area (Å²) in [6.07, 6.45) is 1.75. The lowest BCUT2D eigenvalue weighted by atomic mass is 10.1. The maximum Gasteiger partial charge on any atom is 0.214 e. The molecule has 0 saturated carbocycles. The van der Waals surface area contributed by atoms with Crippen LogP contribution >= 0.6 is 11.3 Å². The van der Waals surface area contributed by atoms with Gasteiger partial charge in [0, 0.05) is 33.7 Å². The Labute approximate surface area is 112 Å².